The zero-order valence-corrected chi connectivity index (χ0v) is 10.8. The van der Waals surface area contributed by atoms with E-state index in [9.17, 15) is 10.1 Å². The van der Waals surface area contributed by atoms with Gasteiger partial charge in [0.1, 0.15) is 6.33 Å². The molecule has 8 heteroatoms. The molecular weight excluding hydrogens is 260 g/mol. The van der Waals surface area contributed by atoms with Gasteiger partial charge in [-0.25, -0.2) is 9.97 Å². The number of hydrogen-bond donors (Lipinski definition) is 1. The fraction of sp³-hybridized carbons (Fsp3) is 0.600. The number of ether oxygens (including phenoxy) is 1. The van der Waals surface area contributed by atoms with Crippen LogP contribution in [0.3, 0.4) is 0 Å². The SMILES string of the molecule is CCCOCCCNc1ncnc(Cl)c1[N+](=O)[O-]. The van der Waals surface area contributed by atoms with Crippen LogP contribution in [0.4, 0.5) is 11.5 Å². The summed E-state index contributed by atoms with van der Waals surface area (Å²) in [6.45, 7) is 3.88. The summed E-state index contributed by atoms with van der Waals surface area (Å²) in [5.74, 6) is 0.135. The van der Waals surface area contributed by atoms with Crippen LogP contribution in [-0.4, -0.2) is 34.6 Å². The Kier molecular flexibility index (Phi) is 6.31. The summed E-state index contributed by atoms with van der Waals surface area (Å²) < 4.78 is 5.29. The fourth-order valence-electron chi connectivity index (χ4n) is 1.28. The minimum atomic E-state index is -0.599. The molecule has 1 heterocycles. The molecule has 0 saturated heterocycles. The molecule has 0 saturated carbocycles. The Morgan fingerprint density at radius 3 is 2.94 bits per heavy atom. The van der Waals surface area contributed by atoms with Crippen molar-refractivity contribution in [2.45, 2.75) is 19.8 Å². The van der Waals surface area contributed by atoms with Gasteiger partial charge in [-0.1, -0.05) is 18.5 Å². The van der Waals surface area contributed by atoms with Crippen molar-refractivity contribution < 1.29 is 9.66 Å². The van der Waals surface area contributed by atoms with Crippen molar-refractivity contribution in [3.8, 4) is 0 Å². The third-order valence-corrected chi connectivity index (χ3v) is 2.34. The van der Waals surface area contributed by atoms with Crippen LogP contribution in [0, 0.1) is 10.1 Å². The molecular formula is C10H15ClN4O3. The lowest BCUT2D eigenvalue weighted by atomic mass is 10.4. The Morgan fingerprint density at radius 1 is 1.50 bits per heavy atom. The van der Waals surface area contributed by atoms with E-state index in [1.165, 1.54) is 6.33 Å². The highest BCUT2D eigenvalue weighted by atomic mass is 35.5. The molecule has 0 fully saturated rings. The highest BCUT2D eigenvalue weighted by Gasteiger charge is 2.20. The molecule has 0 aliphatic rings. The van der Waals surface area contributed by atoms with Gasteiger partial charge in [0.05, 0.1) is 4.92 Å². The smallest absolute Gasteiger partial charge is 0.348 e. The van der Waals surface area contributed by atoms with Crippen LogP contribution in [0.25, 0.3) is 0 Å². The van der Waals surface area contributed by atoms with Crippen molar-refractivity contribution in [2.24, 2.45) is 0 Å². The molecule has 100 valence electrons. The predicted octanol–water partition coefficient (Wildman–Crippen LogP) is 2.27. The molecule has 18 heavy (non-hydrogen) atoms. The van der Waals surface area contributed by atoms with Crippen LogP contribution in [0.2, 0.25) is 5.15 Å². The highest BCUT2D eigenvalue weighted by Crippen LogP contribution is 2.27. The number of nitrogens with zero attached hydrogens (tertiary/aromatic N) is 3. The third-order valence-electron chi connectivity index (χ3n) is 2.07. The lowest BCUT2D eigenvalue weighted by Gasteiger charge is -2.06. The molecule has 0 aliphatic heterocycles. The number of anilines is 1. The normalized spacial score (nSPS) is 10.3. The molecule has 0 radical (unpaired) electrons. The maximum absolute atomic E-state index is 10.8. The number of nitrogens with one attached hydrogen (secondary N) is 1. The van der Waals surface area contributed by atoms with E-state index in [0.29, 0.717) is 13.2 Å². The zero-order valence-electron chi connectivity index (χ0n) is 10.1. The molecule has 0 atom stereocenters. The van der Waals surface area contributed by atoms with Crippen LogP contribution in [0.15, 0.2) is 6.33 Å². The molecule has 0 aliphatic carbocycles. The van der Waals surface area contributed by atoms with E-state index in [4.69, 9.17) is 16.3 Å². The van der Waals surface area contributed by atoms with Crippen molar-refractivity contribution in [3.63, 3.8) is 0 Å². The Bertz CT molecular complexity index is 403. The molecule has 0 bridgehead atoms. The van der Waals surface area contributed by atoms with Gasteiger partial charge in [-0.2, -0.15) is 0 Å². The fourth-order valence-corrected chi connectivity index (χ4v) is 1.48. The summed E-state index contributed by atoms with van der Waals surface area (Å²) >= 11 is 5.65. The van der Waals surface area contributed by atoms with E-state index in [1.54, 1.807) is 0 Å². The quantitative estimate of drug-likeness (QED) is 0.338. The minimum Gasteiger partial charge on any atom is -0.381 e. The second-order valence-electron chi connectivity index (χ2n) is 3.51. The summed E-state index contributed by atoms with van der Waals surface area (Å²) in [5, 5.41) is 13.5. The average Bonchev–Trinajstić information content (AvgIpc) is 2.33. The van der Waals surface area contributed by atoms with E-state index < -0.39 is 4.92 Å². The predicted molar refractivity (Wildman–Crippen MR) is 67.9 cm³/mol. The third kappa shape index (κ3) is 4.42. The van der Waals surface area contributed by atoms with Crippen LogP contribution in [-0.2, 0) is 4.74 Å². The topological polar surface area (TPSA) is 90.2 Å². The largest absolute Gasteiger partial charge is 0.381 e. The van der Waals surface area contributed by atoms with E-state index in [0.717, 1.165) is 19.4 Å². The van der Waals surface area contributed by atoms with Gasteiger partial charge in [0.15, 0.2) is 0 Å². The van der Waals surface area contributed by atoms with Gasteiger partial charge in [-0.3, -0.25) is 10.1 Å². The monoisotopic (exact) mass is 274 g/mol. The van der Waals surface area contributed by atoms with Crippen molar-refractivity contribution in [1.82, 2.24) is 9.97 Å². The minimum absolute atomic E-state index is 0.135. The Hall–Kier alpha value is -1.47. The second kappa shape index (κ2) is 7.78. The Balaban J connectivity index is 2.47. The summed E-state index contributed by atoms with van der Waals surface area (Å²) in [6.07, 6.45) is 2.89. The number of aromatic nitrogens is 2. The van der Waals surface area contributed by atoms with Crippen LogP contribution in [0.5, 0.6) is 0 Å². The lowest BCUT2D eigenvalue weighted by molar-refractivity contribution is -0.384. The molecule has 1 aromatic heterocycles. The van der Waals surface area contributed by atoms with Gasteiger partial charge in [-0.05, 0) is 12.8 Å². The molecule has 0 unspecified atom stereocenters. The maximum atomic E-state index is 10.8. The first-order chi connectivity index (χ1) is 8.66. The zero-order chi connectivity index (χ0) is 13.4. The summed E-state index contributed by atoms with van der Waals surface area (Å²) in [7, 11) is 0. The van der Waals surface area contributed by atoms with Gasteiger partial charge in [0, 0.05) is 19.8 Å². The van der Waals surface area contributed by atoms with Gasteiger partial charge in [-0.15, -0.1) is 0 Å². The molecule has 1 aromatic rings. The summed E-state index contributed by atoms with van der Waals surface area (Å²) in [6, 6.07) is 0. The van der Waals surface area contributed by atoms with E-state index in [1.807, 2.05) is 6.92 Å². The van der Waals surface area contributed by atoms with Crippen molar-refractivity contribution in [1.29, 1.82) is 0 Å². The van der Waals surface area contributed by atoms with E-state index in [-0.39, 0.29) is 16.7 Å². The summed E-state index contributed by atoms with van der Waals surface area (Å²) in [4.78, 5) is 17.6. The second-order valence-corrected chi connectivity index (χ2v) is 3.87. The molecule has 0 aromatic carbocycles. The lowest BCUT2D eigenvalue weighted by Crippen LogP contribution is -2.09. The standard InChI is InChI=1S/C10H15ClN4O3/c1-2-5-18-6-3-4-12-10-8(15(16)17)9(11)13-7-14-10/h7H,2-6H2,1H3,(H,12,13,14). The Labute approximate surface area is 110 Å². The van der Waals surface area contributed by atoms with Gasteiger partial charge in [0.2, 0.25) is 11.0 Å². The molecule has 0 spiro atoms. The Morgan fingerprint density at radius 2 is 2.28 bits per heavy atom. The van der Waals surface area contributed by atoms with Crippen molar-refractivity contribution in [2.75, 3.05) is 25.1 Å². The van der Waals surface area contributed by atoms with Gasteiger partial charge >= 0.3 is 5.69 Å². The van der Waals surface area contributed by atoms with Gasteiger partial charge in [0.25, 0.3) is 0 Å². The first kappa shape index (κ1) is 14.6. The van der Waals surface area contributed by atoms with Crippen LogP contribution in [0.1, 0.15) is 19.8 Å². The highest BCUT2D eigenvalue weighted by molar-refractivity contribution is 6.31. The number of halogens is 1. The number of hydrogen-bond acceptors (Lipinski definition) is 6. The molecule has 0 amide bonds. The van der Waals surface area contributed by atoms with E-state index in [2.05, 4.69) is 15.3 Å². The van der Waals surface area contributed by atoms with Gasteiger partial charge < -0.3 is 10.1 Å². The molecule has 1 N–H and O–H groups in total. The van der Waals surface area contributed by atoms with E-state index >= 15 is 0 Å². The van der Waals surface area contributed by atoms with Crippen molar-refractivity contribution in [3.05, 3.63) is 21.6 Å². The van der Waals surface area contributed by atoms with Crippen molar-refractivity contribution >= 4 is 23.1 Å². The number of rotatable bonds is 8. The first-order valence-corrected chi connectivity index (χ1v) is 6.01. The molecule has 1 rings (SSSR count). The first-order valence-electron chi connectivity index (χ1n) is 5.63. The average molecular weight is 275 g/mol. The molecule has 7 nitrogen and oxygen atoms in total. The summed E-state index contributed by atoms with van der Waals surface area (Å²) in [5.41, 5.74) is -0.298. The maximum Gasteiger partial charge on any atom is 0.348 e. The van der Waals surface area contributed by atoms with Crippen LogP contribution >= 0.6 is 11.6 Å². The van der Waals surface area contributed by atoms with Crippen LogP contribution < -0.4 is 5.32 Å². The number of nitro groups is 1.